The third-order valence-corrected chi connectivity index (χ3v) is 2.27. The highest BCUT2D eigenvalue weighted by atomic mass is 32.1. The Bertz CT molecular complexity index is 443. The van der Waals surface area contributed by atoms with E-state index in [4.69, 9.17) is 5.26 Å². The van der Waals surface area contributed by atoms with E-state index >= 15 is 0 Å². The Morgan fingerprint density at radius 3 is 2.92 bits per heavy atom. The fraction of sp³-hybridized carbons (Fsp3) is 0. The lowest BCUT2D eigenvalue weighted by atomic mass is 10.4. The highest BCUT2D eigenvalue weighted by Crippen LogP contribution is 2.19. The van der Waals surface area contributed by atoms with E-state index < -0.39 is 0 Å². The van der Waals surface area contributed by atoms with Gasteiger partial charge in [0.05, 0.1) is 6.20 Å². The molecular formula is C8H4N4S. The van der Waals surface area contributed by atoms with Gasteiger partial charge in [0.1, 0.15) is 16.8 Å². The summed E-state index contributed by atoms with van der Waals surface area (Å²) in [7, 11) is 0. The van der Waals surface area contributed by atoms with E-state index in [0.717, 1.165) is 5.01 Å². The van der Waals surface area contributed by atoms with E-state index in [9.17, 15) is 0 Å². The first-order chi connectivity index (χ1) is 6.40. The number of aromatic nitrogens is 3. The normalized spacial score (nSPS) is 9.46. The minimum absolute atomic E-state index is 0.422. The van der Waals surface area contributed by atoms with Crippen molar-refractivity contribution >= 4 is 11.3 Å². The number of hydrogen-bond donors (Lipinski definition) is 0. The van der Waals surface area contributed by atoms with Gasteiger partial charge in [-0.05, 0) is 0 Å². The van der Waals surface area contributed by atoms with E-state index in [-0.39, 0.29) is 0 Å². The van der Waals surface area contributed by atoms with Gasteiger partial charge >= 0.3 is 0 Å². The molecule has 62 valence electrons. The lowest BCUT2D eigenvalue weighted by Crippen LogP contribution is -1.83. The van der Waals surface area contributed by atoms with Gasteiger partial charge in [0, 0.05) is 17.8 Å². The van der Waals surface area contributed by atoms with E-state index in [1.165, 1.54) is 11.3 Å². The van der Waals surface area contributed by atoms with E-state index in [0.29, 0.717) is 11.4 Å². The van der Waals surface area contributed by atoms with Gasteiger partial charge < -0.3 is 0 Å². The maximum absolute atomic E-state index is 8.56. The molecule has 0 bridgehead atoms. The van der Waals surface area contributed by atoms with Crippen molar-refractivity contribution in [2.24, 2.45) is 0 Å². The minimum Gasteiger partial charge on any atom is -0.261 e. The molecule has 0 aliphatic heterocycles. The predicted molar refractivity (Wildman–Crippen MR) is 47.9 cm³/mol. The van der Waals surface area contributed by atoms with Crippen LogP contribution in [-0.4, -0.2) is 15.0 Å². The molecule has 0 aliphatic carbocycles. The highest BCUT2D eigenvalue weighted by Gasteiger charge is 2.04. The fourth-order valence-electron chi connectivity index (χ4n) is 0.852. The van der Waals surface area contributed by atoms with Crippen LogP contribution in [0.25, 0.3) is 10.7 Å². The summed E-state index contributed by atoms with van der Waals surface area (Å²) in [6.07, 6.45) is 4.82. The third kappa shape index (κ3) is 1.53. The third-order valence-electron chi connectivity index (χ3n) is 1.40. The molecule has 0 spiro atoms. The van der Waals surface area contributed by atoms with Crippen molar-refractivity contribution in [1.82, 2.24) is 15.0 Å². The SMILES string of the molecule is N#Cc1csc(-c2cnccn2)n1. The Kier molecular flexibility index (Phi) is 1.98. The summed E-state index contributed by atoms with van der Waals surface area (Å²) < 4.78 is 0. The van der Waals surface area contributed by atoms with Gasteiger partial charge in [-0.15, -0.1) is 11.3 Å². The molecule has 0 aromatic carbocycles. The number of nitriles is 1. The Hall–Kier alpha value is -1.80. The highest BCUT2D eigenvalue weighted by molar-refractivity contribution is 7.13. The summed E-state index contributed by atoms with van der Waals surface area (Å²) in [6.45, 7) is 0. The molecule has 0 atom stereocenters. The molecule has 2 rings (SSSR count). The second-order valence-corrected chi connectivity index (χ2v) is 3.10. The van der Waals surface area contributed by atoms with Gasteiger partial charge in [-0.2, -0.15) is 5.26 Å². The zero-order valence-corrected chi connectivity index (χ0v) is 7.32. The molecule has 2 heterocycles. The average molecular weight is 188 g/mol. The van der Waals surface area contributed by atoms with Gasteiger partial charge in [-0.1, -0.05) is 0 Å². The minimum atomic E-state index is 0.422. The summed E-state index contributed by atoms with van der Waals surface area (Å²) in [4.78, 5) is 12.0. The van der Waals surface area contributed by atoms with Crippen LogP contribution in [0.3, 0.4) is 0 Å². The molecule has 0 aliphatic rings. The molecule has 0 amide bonds. The van der Waals surface area contributed by atoms with Crippen LogP contribution in [0.2, 0.25) is 0 Å². The molecule has 0 saturated carbocycles. The Labute approximate surface area is 78.5 Å². The molecule has 4 nitrogen and oxygen atoms in total. The maximum Gasteiger partial charge on any atom is 0.152 e. The summed E-state index contributed by atoms with van der Waals surface area (Å²) in [6, 6.07) is 1.97. The second kappa shape index (κ2) is 3.29. The molecule has 0 N–H and O–H groups in total. The largest absolute Gasteiger partial charge is 0.261 e. The van der Waals surface area contributed by atoms with E-state index in [1.807, 2.05) is 6.07 Å². The van der Waals surface area contributed by atoms with Crippen LogP contribution in [0, 0.1) is 11.3 Å². The van der Waals surface area contributed by atoms with Gasteiger partial charge in [-0.25, -0.2) is 4.98 Å². The van der Waals surface area contributed by atoms with Crippen LogP contribution >= 0.6 is 11.3 Å². The Morgan fingerprint density at radius 1 is 1.38 bits per heavy atom. The molecular weight excluding hydrogens is 184 g/mol. The van der Waals surface area contributed by atoms with Crippen LogP contribution in [0.1, 0.15) is 5.69 Å². The predicted octanol–water partition coefficient (Wildman–Crippen LogP) is 1.47. The number of hydrogen-bond acceptors (Lipinski definition) is 5. The van der Waals surface area contributed by atoms with Crippen LogP contribution < -0.4 is 0 Å². The number of thiazole rings is 1. The van der Waals surface area contributed by atoms with E-state index in [2.05, 4.69) is 15.0 Å². The summed E-state index contributed by atoms with van der Waals surface area (Å²) in [5, 5.41) is 11.0. The lowest BCUT2D eigenvalue weighted by Gasteiger charge is -1.90. The molecule has 0 radical (unpaired) electrons. The van der Waals surface area contributed by atoms with Crippen molar-refractivity contribution in [3.63, 3.8) is 0 Å². The summed E-state index contributed by atoms with van der Waals surface area (Å²) in [5.41, 5.74) is 1.12. The topological polar surface area (TPSA) is 62.5 Å². The van der Waals surface area contributed by atoms with Crippen LogP contribution in [0.4, 0.5) is 0 Å². The van der Waals surface area contributed by atoms with Gasteiger partial charge in [0.15, 0.2) is 5.69 Å². The van der Waals surface area contributed by atoms with Crippen molar-refractivity contribution in [1.29, 1.82) is 5.26 Å². The van der Waals surface area contributed by atoms with E-state index in [1.54, 1.807) is 24.0 Å². The van der Waals surface area contributed by atoms with Crippen molar-refractivity contribution in [2.75, 3.05) is 0 Å². The van der Waals surface area contributed by atoms with Crippen molar-refractivity contribution in [2.45, 2.75) is 0 Å². The van der Waals surface area contributed by atoms with Crippen LogP contribution in [-0.2, 0) is 0 Å². The standard InChI is InChI=1S/C8H4N4S/c9-3-6-5-13-8(12-6)7-4-10-1-2-11-7/h1-2,4-5H. The molecule has 0 saturated heterocycles. The summed E-state index contributed by atoms with van der Waals surface area (Å²) in [5.74, 6) is 0. The zero-order valence-electron chi connectivity index (χ0n) is 6.51. The number of nitrogens with zero attached hydrogens (tertiary/aromatic N) is 4. The smallest absolute Gasteiger partial charge is 0.152 e. The molecule has 2 aromatic heterocycles. The quantitative estimate of drug-likeness (QED) is 0.679. The monoisotopic (exact) mass is 188 g/mol. The van der Waals surface area contributed by atoms with Gasteiger partial charge in [-0.3, -0.25) is 9.97 Å². The molecule has 2 aromatic rings. The molecule has 13 heavy (non-hydrogen) atoms. The average Bonchev–Trinajstić information content (AvgIpc) is 2.67. The lowest BCUT2D eigenvalue weighted by molar-refractivity contribution is 1.19. The first-order valence-corrected chi connectivity index (χ1v) is 4.40. The summed E-state index contributed by atoms with van der Waals surface area (Å²) >= 11 is 1.39. The molecule has 0 fully saturated rings. The first-order valence-electron chi connectivity index (χ1n) is 3.52. The number of rotatable bonds is 1. The zero-order chi connectivity index (χ0) is 9.10. The molecule has 0 unspecified atom stereocenters. The van der Waals surface area contributed by atoms with Crippen LogP contribution in [0.5, 0.6) is 0 Å². The van der Waals surface area contributed by atoms with Crippen LogP contribution in [0.15, 0.2) is 24.0 Å². The van der Waals surface area contributed by atoms with Gasteiger partial charge in [0.2, 0.25) is 0 Å². The van der Waals surface area contributed by atoms with Crippen molar-refractivity contribution in [3.05, 3.63) is 29.7 Å². The Morgan fingerprint density at radius 2 is 2.31 bits per heavy atom. The second-order valence-electron chi connectivity index (χ2n) is 2.24. The van der Waals surface area contributed by atoms with Crippen molar-refractivity contribution < 1.29 is 0 Å². The maximum atomic E-state index is 8.56. The molecule has 5 heteroatoms. The van der Waals surface area contributed by atoms with Gasteiger partial charge in [0.25, 0.3) is 0 Å². The first kappa shape index (κ1) is 7.83. The Balaban J connectivity index is 2.43. The van der Waals surface area contributed by atoms with Crippen molar-refractivity contribution in [3.8, 4) is 16.8 Å². The fourth-order valence-corrected chi connectivity index (χ4v) is 1.56.